The number of amides is 2. The minimum absolute atomic E-state index is 0.0119. The third-order valence-electron chi connectivity index (χ3n) is 5.36. The Kier molecular flexibility index (Phi) is 5.43. The van der Waals surface area contributed by atoms with E-state index >= 15 is 0 Å². The number of aryl methyl sites for hydroxylation is 1. The van der Waals surface area contributed by atoms with E-state index < -0.39 is 0 Å². The Morgan fingerprint density at radius 3 is 2.59 bits per heavy atom. The predicted octanol–water partition coefficient (Wildman–Crippen LogP) is 4.00. The van der Waals surface area contributed by atoms with Gasteiger partial charge in [-0.25, -0.2) is 0 Å². The maximum Gasteiger partial charge on any atom is 0.251 e. The number of ether oxygens (including phenoxy) is 2. The SMILES string of the molecule is Cc1ccc(C(=O)NC(C)c2ccc3c(c2)OCCO3)cc1NC(=O)CC1CC1. The van der Waals surface area contributed by atoms with Gasteiger partial charge in [-0.2, -0.15) is 0 Å². The Balaban J connectivity index is 1.43. The molecule has 29 heavy (non-hydrogen) atoms. The first-order valence-electron chi connectivity index (χ1n) is 10.1. The van der Waals surface area contributed by atoms with E-state index in [1.54, 1.807) is 12.1 Å². The second-order valence-electron chi connectivity index (χ2n) is 7.82. The van der Waals surface area contributed by atoms with E-state index in [0.29, 0.717) is 42.6 Å². The lowest BCUT2D eigenvalue weighted by Crippen LogP contribution is -2.27. The first-order valence-corrected chi connectivity index (χ1v) is 10.1. The van der Waals surface area contributed by atoms with Crippen LogP contribution in [0.2, 0.25) is 0 Å². The summed E-state index contributed by atoms with van der Waals surface area (Å²) in [5, 5.41) is 5.96. The Hall–Kier alpha value is -3.02. The Morgan fingerprint density at radius 1 is 1.07 bits per heavy atom. The summed E-state index contributed by atoms with van der Waals surface area (Å²) < 4.78 is 11.2. The van der Waals surface area contributed by atoms with Gasteiger partial charge in [-0.1, -0.05) is 12.1 Å². The number of anilines is 1. The number of nitrogens with one attached hydrogen (secondary N) is 2. The fourth-order valence-corrected chi connectivity index (χ4v) is 3.38. The average Bonchev–Trinajstić information content (AvgIpc) is 3.53. The molecule has 6 heteroatoms. The van der Waals surface area contributed by atoms with Crippen molar-refractivity contribution < 1.29 is 19.1 Å². The van der Waals surface area contributed by atoms with Crippen LogP contribution in [-0.2, 0) is 4.79 Å². The topological polar surface area (TPSA) is 76.7 Å². The van der Waals surface area contributed by atoms with E-state index in [0.717, 1.165) is 29.7 Å². The van der Waals surface area contributed by atoms with Gasteiger partial charge in [0.1, 0.15) is 13.2 Å². The highest BCUT2D eigenvalue weighted by Gasteiger charge is 2.24. The summed E-state index contributed by atoms with van der Waals surface area (Å²) in [4.78, 5) is 24.9. The standard InChI is InChI=1S/C23H26N2O4/c1-14-3-6-18(12-19(14)25-22(26)11-16-4-5-16)23(27)24-15(2)17-7-8-20-21(13-17)29-10-9-28-20/h3,6-8,12-13,15-16H,4-5,9-11H2,1-2H3,(H,24,27)(H,25,26). The molecule has 2 amide bonds. The van der Waals surface area contributed by atoms with E-state index in [-0.39, 0.29) is 17.9 Å². The zero-order valence-corrected chi connectivity index (χ0v) is 16.8. The van der Waals surface area contributed by atoms with Crippen molar-refractivity contribution in [3.05, 3.63) is 53.1 Å². The first-order chi connectivity index (χ1) is 14.0. The van der Waals surface area contributed by atoms with Crippen LogP contribution in [0.1, 0.15) is 53.7 Å². The van der Waals surface area contributed by atoms with Gasteiger partial charge in [0, 0.05) is 17.7 Å². The molecule has 0 bridgehead atoms. The zero-order chi connectivity index (χ0) is 20.4. The maximum absolute atomic E-state index is 12.8. The van der Waals surface area contributed by atoms with Gasteiger partial charge in [0.2, 0.25) is 5.91 Å². The van der Waals surface area contributed by atoms with Crippen molar-refractivity contribution in [3.8, 4) is 11.5 Å². The summed E-state index contributed by atoms with van der Waals surface area (Å²) in [5.74, 6) is 1.77. The lowest BCUT2D eigenvalue weighted by atomic mass is 10.1. The second kappa shape index (κ2) is 8.15. The normalized spacial score (nSPS) is 16.1. The van der Waals surface area contributed by atoms with Crippen molar-refractivity contribution in [2.45, 2.75) is 39.2 Å². The number of carbonyl (C=O) groups excluding carboxylic acids is 2. The van der Waals surface area contributed by atoms with E-state index in [4.69, 9.17) is 9.47 Å². The van der Waals surface area contributed by atoms with Gasteiger partial charge >= 0.3 is 0 Å². The fraction of sp³-hybridized carbons (Fsp3) is 0.391. The van der Waals surface area contributed by atoms with Crippen molar-refractivity contribution in [3.63, 3.8) is 0 Å². The molecule has 1 aliphatic heterocycles. The van der Waals surface area contributed by atoms with E-state index in [1.807, 2.05) is 38.1 Å². The molecule has 2 aromatic carbocycles. The van der Waals surface area contributed by atoms with Gasteiger partial charge in [0.15, 0.2) is 11.5 Å². The number of benzene rings is 2. The molecule has 2 N–H and O–H groups in total. The van der Waals surface area contributed by atoms with Crippen LogP contribution in [0.5, 0.6) is 11.5 Å². The number of rotatable bonds is 6. The largest absolute Gasteiger partial charge is 0.486 e. The second-order valence-corrected chi connectivity index (χ2v) is 7.82. The van der Waals surface area contributed by atoms with Gasteiger partial charge in [0.25, 0.3) is 5.91 Å². The quantitative estimate of drug-likeness (QED) is 0.777. The third kappa shape index (κ3) is 4.70. The molecular weight excluding hydrogens is 368 g/mol. The van der Waals surface area contributed by atoms with Crippen molar-refractivity contribution in [2.75, 3.05) is 18.5 Å². The van der Waals surface area contributed by atoms with Crippen LogP contribution in [0.3, 0.4) is 0 Å². The van der Waals surface area contributed by atoms with Crippen LogP contribution in [-0.4, -0.2) is 25.0 Å². The van der Waals surface area contributed by atoms with Crippen LogP contribution >= 0.6 is 0 Å². The first kappa shape index (κ1) is 19.3. The summed E-state index contributed by atoms with van der Waals surface area (Å²) in [6, 6.07) is 10.9. The number of fused-ring (bicyclic) bond motifs is 1. The Bertz CT molecular complexity index is 936. The molecule has 1 unspecified atom stereocenters. The number of hydrogen-bond donors (Lipinski definition) is 2. The van der Waals surface area contributed by atoms with Crippen LogP contribution in [0.25, 0.3) is 0 Å². The van der Waals surface area contributed by atoms with E-state index in [9.17, 15) is 9.59 Å². The molecule has 1 aliphatic carbocycles. The molecule has 1 fully saturated rings. The van der Waals surface area contributed by atoms with Gasteiger partial charge in [-0.3, -0.25) is 9.59 Å². The summed E-state index contributed by atoms with van der Waals surface area (Å²) in [6.45, 7) is 4.92. The fourth-order valence-electron chi connectivity index (χ4n) is 3.38. The lowest BCUT2D eigenvalue weighted by Gasteiger charge is -2.21. The van der Waals surface area contributed by atoms with Crippen LogP contribution in [0.15, 0.2) is 36.4 Å². The molecule has 1 atom stereocenters. The van der Waals surface area contributed by atoms with Gasteiger partial charge < -0.3 is 20.1 Å². The highest BCUT2D eigenvalue weighted by Crippen LogP contribution is 2.33. The van der Waals surface area contributed by atoms with Gasteiger partial charge in [-0.05, 0) is 68.0 Å². The molecule has 6 nitrogen and oxygen atoms in total. The molecule has 1 heterocycles. The van der Waals surface area contributed by atoms with Crippen molar-refractivity contribution in [1.29, 1.82) is 0 Å². The van der Waals surface area contributed by atoms with E-state index in [2.05, 4.69) is 10.6 Å². The molecule has 0 aromatic heterocycles. The molecule has 0 spiro atoms. The Morgan fingerprint density at radius 2 is 1.83 bits per heavy atom. The van der Waals surface area contributed by atoms with E-state index in [1.165, 1.54) is 0 Å². The molecule has 2 aromatic rings. The van der Waals surface area contributed by atoms with Gasteiger partial charge in [-0.15, -0.1) is 0 Å². The zero-order valence-electron chi connectivity index (χ0n) is 16.8. The molecule has 2 aliphatic rings. The summed E-state index contributed by atoms with van der Waals surface area (Å²) in [5.41, 5.74) is 3.08. The minimum Gasteiger partial charge on any atom is -0.486 e. The molecule has 152 valence electrons. The number of hydrogen-bond acceptors (Lipinski definition) is 4. The molecular formula is C23H26N2O4. The van der Waals surface area contributed by atoms with Crippen molar-refractivity contribution in [1.82, 2.24) is 5.32 Å². The highest BCUT2D eigenvalue weighted by atomic mass is 16.6. The highest BCUT2D eigenvalue weighted by molar-refractivity contribution is 5.98. The molecule has 0 radical (unpaired) electrons. The van der Waals surface area contributed by atoms with Crippen molar-refractivity contribution >= 4 is 17.5 Å². The Labute approximate surface area is 170 Å². The third-order valence-corrected chi connectivity index (χ3v) is 5.36. The van der Waals surface area contributed by atoms with Crippen LogP contribution in [0.4, 0.5) is 5.69 Å². The summed E-state index contributed by atoms with van der Waals surface area (Å²) in [6.07, 6.45) is 2.82. The summed E-state index contributed by atoms with van der Waals surface area (Å²) >= 11 is 0. The van der Waals surface area contributed by atoms with Crippen LogP contribution < -0.4 is 20.1 Å². The molecule has 4 rings (SSSR count). The monoisotopic (exact) mass is 394 g/mol. The predicted molar refractivity (Wildman–Crippen MR) is 110 cm³/mol. The number of carbonyl (C=O) groups is 2. The lowest BCUT2D eigenvalue weighted by molar-refractivity contribution is -0.116. The average molecular weight is 394 g/mol. The maximum atomic E-state index is 12.8. The minimum atomic E-state index is -0.201. The molecule has 1 saturated carbocycles. The smallest absolute Gasteiger partial charge is 0.251 e. The van der Waals surface area contributed by atoms with Crippen molar-refractivity contribution in [2.24, 2.45) is 5.92 Å². The molecule has 0 saturated heterocycles. The summed E-state index contributed by atoms with van der Waals surface area (Å²) in [7, 11) is 0. The van der Waals surface area contributed by atoms with Gasteiger partial charge in [0.05, 0.1) is 6.04 Å². The van der Waals surface area contributed by atoms with Crippen LogP contribution in [0, 0.1) is 12.8 Å².